The lowest BCUT2D eigenvalue weighted by Crippen LogP contribution is -2.20. The number of ether oxygens (including phenoxy) is 1. The summed E-state index contributed by atoms with van der Waals surface area (Å²) in [6, 6.07) is 0. The van der Waals surface area contributed by atoms with Crippen molar-refractivity contribution in [3.05, 3.63) is 23.8 Å². The van der Waals surface area contributed by atoms with Crippen molar-refractivity contribution in [3.63, 3.8) is 0 Å². The first-order chi connectivity index (χ1) is 8.36. The normalized spacial score (nSPS) is 29.4. The number of allylic oxidation sites excluding steroid dienone is 2. The Bertz CT molecular complexity index is 443. The second-order valence-electron chi connectivity index (χ2n) is 5.95. The van der Waals surface area contributed by atoms with Crippen LogP contribution in [0.25, 0.3) is 0 Å². The van der Waals surface area contributed by atoms with Crippen molar-refractivity contribution in [2.75, 3.05) is 0 Å². The summed E-state index contributed by atoms with van der Waals surface area (Å²) in [7, 11) is 0. The van der Waals surface area contributed by atoms with Crippen LogP contribution in [0.1, 0.15) is 40.0 Å². The minimum atomic E-state index is -0.351. The molecule has 1 saturated carbocycles. The maximum absolute atomic E-state index is 11.9. The van der Waals surface area contributed by atoms with Gasteiger partial charge >= 0.3 is 5.97 Å². The van der Waals surface area contributed by atoms with Gasteiger partial charge in [0.1, 0.15) is 6.10 Å². The van der Waals surface area contributed by atoms with Crippen molar-refractivity contribution in [3.8, 4) is 0 Å². The minimum Gasteiger partial charge on any atom is -0.457 e. The van der Waals surface area contributed by atoms with E-state index in [9.17, 15) is 9.59 Å². The third kappa shape index (κ3) is 2.26. The van der Waals surface area contributed by atoms with Gasteiger partial charge in [0, 0.05) is 5.57 Å². The number of ketones is 1. The fourth-order valence-electron chi connectivity index (χ4n) is 2.50. The summed E-state index contributed by atoms with van der Waals surface area (Å²) < 4.78 is 5.48. The summed E-state index contributed by atoms with van der Waals surface area (Å²) in [6.07, 6.45) is 3.11. The number of esters is 1. The molecule has 0 bridgehead atoms. The Morgan fingerprint density at radius 3 is 2.67 bits per heavy atom. The predicted octanol–water partition coefficient (Wildman–Crippen LogP) is 2.81. The fraction of sp³-hybridized carbons (Fsp3) is 0.600. The molecule has 0 aromatic heterocycles. The molecule has 2 atom stereocenters. The first-order valence-electron chi connectivity index (χ1n) is 6.41. The maximum Gasteiger partial charge on any atom is 0.310 e. The Balaban J connectivity index is 2.01. The summed E-state index contributed by atoms with van der Waals surface area (Å²) >= 11 is 0. The molecule has 1 fully saturated rings. The lowest BCUT2D eigenvalue weighted by Gasteiger charge is -2.13. The van der Waals surface area contributed by atoms with Crippen molar-refractivity contribution >= 4 is 11.8 Å². The molecule has 98 valence electrons. The van der Waals surface area contributed by atoms with Gasteiger partial charge in [0.15, 0.2) is 5.78 Å². The van der Waals surface area contributed by atoms with E-state index in [1.165, 1.54) is 0 Å². The van der Waals surface area contributed by atoms with Gasteiger partial charge in [-0.1, -0.05) is 19.9 Å². The zero-order valence-electron chi connectivity index (χ0n) is 11.3. The molecule has 2 aliphatic carbocycles. The second kappa shape index (κ2) is 4.38. The van der Waals surface area contributed by atoms with E-state index >= 15 is 0 Å². The highest BCUT2D eigenvalue weighted by Gasteiger charge is 2.52. The zero-order chi connectivity index (χ0) is 13.5. The van der Waals surface area contributed by atoms with E-state index < -0.39 is 0 Å². The van der Waals surface area contributed by atoms with Crippen molar-refractivity contribution in [1.29, 1.82) is 0 Å². The monoisotopic (exact) mass is 248 g/mol. The molecule has 18 heavy (non-hydrogen) atoms. The van der Waals surface area contributed by atoms with Crippen LogP contribution in [-0.4, -0.2) is 17.9 Å². The van der Waals surface area contributed by atoms with Crippen LogP contribution < -0.4 is 0 Å². The Labute approximate surface area is 108 Å². The quantitative estimate of drug-likeness (QED) is 0.567. The summed E-state index contributed by atoms with van der Waals surface area (Å²) in [5.74, 6) is -0.0684. The average Bonchev–Trinajstić information content (AvgIpc) is 2.85. The van der Waals surface area contributed by atoms with Crippen molar-refractivity contribution in [2.24, 2.45) is 11.3 Å². The molecule has 0 spiro atoms. The van der Waals surface area contributed by atoms with Crippen molar-refractivity contribution < 1.29 is 14.3 Å². The van der Waals surface area contributed by atoms with E-state index in [4.69, 9.17) is 4.74 Å². The van der Waals surface area contributed by atoms with Crippen molar-refractivity contribution in [1.82, 2.24) is 0 Å². The van der Waals surface area contributed by atoms with Gasteiger partial charge in [-0.2, -0.15) is 0 Å². The van der Waals surface area contributed by atoms with E-state index in [2.05, 4.69) is 20.4 Å². The fourth-order valence-corrected chi connectivity index (χ4v) is 2.50. The lowest BCUT2D eigenvalue weighted by atomic mass is 10.1. The highest BCUT2D eigenvalue weighted by molar-refractivity contribution is 6.00. The van der Waals surface area contributed by atoms with Crippen LogP contribution in [0.5, 0.6) is 0 Å². The van der Waals surface area contributed by atoms with Gasteiger partial charge in [0.05, 0.1) is 12.3 Å². The van der Waals surface area contributed by atoms with E-state index in [-0.39, 0.29) is 29.2 Å². The average molecular weight is 248 g/mol. The van der Waals surface area contributed by atoms with Gasteiger partial charge in [0.25, 0.3) is 0 Å². The molecule has 0 heterocycles. The largest absolute Gasteiger partial charge is 0.457 e. The molecule has 0 aliphatic heterocycles. The Kier molecular flexibility index (Phi) is 3.18. The van der Waals surface area contributed by atoms with Gasteiger partial charge in [-0.25, -0.2) is 0 Å². The Hall–Kier alpha value is -1.38. The van der Waals surface area contributed by atoms with Gasteiger partial charge in [-0.15, -0.1) is 6.58 Å². The summed E-state index contributed by atoms with van der Waals surface area (Å²) in [4.78, 5) is 23.7. The van der Waals surface area contributed by atoms with E-state index in [1.807, 2.05) is 6.92 Å². The van der Waals surface area contributed by atoms with E-state index in [0.29, 0.717) is 12.8 Å². The second-order valence-corrected chi connectivity index (χ2v) is 5.95. The van der Waals surface area contributed by atoms with Crippen LogP contribution in [0.4, 0.5) is 0 Å². The number of carbonyl (C=O) groups excluding carboxylic acids is 2. The molecule has 3 nitrogen and oxygen atoms in total. The molecule has 0 N–H and O–H groups in total. The van der Waals surface area contributed by atoms with Crippen LogP contribution in [-0.2, 0) is 14.3 Å². The van der Waals surface area contributed by atoms with Gasteiger partial charge in [-0.3, -0.25) is 9.59 Å². The third-order valence-electron chi connectivity index (χ3n) is 4.07. The molecule has 0 saturated heterocycles. The van der Waals surface area contributed by atoms with Gasteiger partial charge in [0.2, 0.25) is 0 Å². The number of Topliss-reactive ketones (excluding diaryl/α,β-unsaturated/α-hetero) is 1. The van der Waals surface area contributed by atoms with Gasteiger partial charge < -0.3 is 4.74 Å². The molecule has 2 aliphatic rings. The molecular weight excluding hydrogens is 228 g/mol. The zero-order valence-corrected chi connectivity index (χ0v) is 11.3. The first kappa shape index (κ1) is 13.1. The summed E-state index contributed by atoms with van der Waals surface area (Å²) in [6.45, 7) is 9.64. The third-order valence-corrected chi connectivity index (χ3v) is 4.07. The van der Waals surface area contributed by atoms with E-state index in [0.717, 1.165) is 17.6 Å². The van der Waals surface area contributed by atoms with Gasteiger partial charge in [-0.05, 0) is 30.8 Å². The van der Waals surface area contributed by atoms with Crippen LogP contribution in [0.15, 0.2) is 23.8 Å². The van der Waals surface area contributed by atoms with Crippen LogP contribution in [0, 0.1) is 11.3 Å². The molecule has 0 aromatic rings. The highest BCUT2D eigenvalue weighted by atomic mass is 16.5. The van der Waals surface area contributed by atoms with E-state index in [1.54, 1.807) is 6.08 Å². The standard InChI is InChI=1S/C15H20O3/c1-5-6-10-9(2)13(7-12(10)16)18-14(17)11-8-15(11,3)4/h5,11,13H,1,6-8H2,2-4H3. The van der Waals surface area contributed by atoms with Crippen LogP contribution >= 0.6 is 0 Å². The molecule has 0 radical (unpaired) electrons. The highest BCUT2D eigenvalue weighted by Crippen LogP contribution is 2.52. The minimum absolute atomic E-state index is 0.00357. The van der Waals surface area contributed by atoms with Crippen LogP contribution in [0.2, 0.25) is 0 Å². The molecule has 0 aromatic carbocycles. The first-order valence-corrected chi connectivity index (χ1v) is 6.41. The number of hydrogen-bond donors (Lipinski definition) is 0. The Morgan fingerprint density at radius 2 is 2.17 bits per heavy atom. The Morgan fingerprint density at radius 1 is 1.56 bits per heavy atom. The van der Waals surface area contributed by atoms with Crippen LogP contribution in [0.3, 0.4) is 0 Å². The SMILES string of the molecule is C=CCC1=C(C)C(OC(=O)C2CC2(C)C)CC1=O. The predicted molar refractivity (Wildman–Crippen MR) is 68.9 cm³/mol. The number of rotatable bonds is 4. The number of hydrogen-bond acceptors (Lipinski definition) is 3. The molecule has 2 rings (SSSR count). The number of carbonyl (C=O) groups is 2. The molecule has 0 amide bonds. The smallest absolute Gasteiger partial charge is 0.310 e. The topological polar surface area (TPSA) is 43.4 Å². The molecule has 3 heteroatoms. The summed E-state index contributed by atoms with van der Waals surface area (Å²) in [5.41, 5.74) is 1.73. The molecular formula is C15H20O3. The maximum atomic E-state index is 11.9. The molecule has 2 unspecified atom stereocenters. The summed E-state index contributed by atoms with van der Waals surface area (Å²) in [5, 5.41) is 0. The lowest BCUT2D eigenvalue weighted by molar-refractivity contribution is -0.150. The van der Waals surface area contributed by atoms with Crippen molar-refractivity contribution in [2.45, 2.75) is 46.1 Å².